The van der Waals surface area contributed by atoms with Crippen LogP contribution in [-0.4, -0.2) is 17.4 Å². The molecule has 8 heteroatoms. The van der Waals surface area contributed by atoms with Crippen LogP contribution < -0.4 is 16.4 Å². The molecule has 0 fully saturated rings. The topological polar surface area (TPSA) is 80.0 Å². The fraction of sp³-hybridized carbons (Fsp3) is 0.167. The van der Waals surface area contributed by atoms with Crippen molar-refractivity contribution in [2.45, 2.75) is 6.92 Å². The Morgan fingerprint density at radius 1 is 1.55 bits per heavy atom. The molecule has 106 valence electrons. The van der Waals surface area contributed by atoms with Crippen LogP contribution in [0.3, 0.4) is 0 Å². The van der Waals surface area contributed by atoms with Crippen molar-refractivity contribution in [2.24, 2.45) is 0 Å². The third kappa shape index (κ3) is 3.26. The zero-order chi connectivity index (χ0) is 14.7. The summed E-state index contributed by atoms with van der Waals surface area (Å²) in [5.74, 6) is -0.878. The van der Waals surface area contributed by atoms with E-state index in [0.29, 0.717) is 16.1 Å². The number of halogens is 2. The van der Waals surface area contributed by atoms with Gasteiger partial charge in [-0.15, -0.1) is 0 Å². The van der Waals surface area contributed by atoms with Gasteiger partial charge in [-0.25, -0.2) is 9.37 Å². The van der Waals surface area contributed by atoms with Crippen LogP contribution in [0.15, 0.2) is 22.7 Å². The lowest BCUT2D eigenvalue weighted by Gasteiger charge is -2.05. The number of benzene rings is 1. The third-order valence-corrected chi connectivity index (χ3v) is 3.89. The smallest absolute Gasteiger partial charge is 0.269 e. The lowest BCUT2D eigenvalue weighted by Crippen LogP contribution is -2.13. The number of rotatable bonds is 4. The minimum absolute atomic E-state index is 0.0853. The van der Waals surface area contributed by atoms with E-state index in [2.05, 4.69) is 31.5 Å². The Morgan fingerprint density at radius 3 is 3.00 bits per heavy atom. The van der Waals surface area contributed by atoms with E-state index < -0.39 is 11.7 Å². The van der Waals surface area contributed by atoms with Gasteiger partial charge in [-0.2, -0.15) is 0 Å². The Labute approximate surface area is 127 Å². The molecular formula is C12H12BrFN4OS. The molecule has 0 aliphatic carbocycles. The molecule has 0 spiro atoms. The molecule has 1 amide bonds. The minimum atomic E-state index is -0.517. The number of aromatic nitrogens is 1. The van der Waals surface area contributed by atoms with Gasteiger partial charge in [0.05, 0.1) is 5.69 Å². The molecule has 2 rings (SSSR count). The summed E-state index contributed by atoms with van der Waals surface area (Å²) in [6.07, 6.45) is 0. The summed E-state index contributed by atoms with van der Waals surface area (Å²) in [6.45, 7) is 2.59. The number of hydrogen-bond acceptors (Lipinski definition) is 5. The van der Waals surface area contributed by atoms with E-state index in [4.69, 9.17) is 5.73 Å². The van der Waals surface area contributed by atoms with Gasteiger partial charge in [-0.05, 0) is 25.1 Å². The highest BCUT2D eigenvalue weighted by Gasteiger charge is 2.17. The quantitative estimate of drug-likeness (QED) is 0.783. The number of thiazole rings is 1. The Morgan fingerprint density at radius 2 is 2.30 bits per heavy atom. The van der Waals surface area contributed by atoms with Crippen LogP contribution in [0.5, 0.6) is 0 Å². The van der Waals surface area contributed by atoms with Crippen molar-refractivity contribution in [1.29, 1.82) is 0 Å². The monoisotopic (exact) mass is 358 g/mol. The maximum Gasteiger partial charge on any atom is 0.269 e. The largest absolute Gasteiger partial charge is 0.382 e. The Kier molecular flexibility index (Phi) is 4.56. The van der Waals surface area contributed by atoms with Gasteiger partial charge in [0.1, 0.15) is 16.5 Å². The molecule has 4 N–H and O–H groups in total. The zero-order valence-corrected chi connectivity index (χ0v) is 12.9. The number of nitrogen functional groups attached to an aromatic ring is 1. The maximum absolute atomic E-state index is 13.6. The predicted octanol–water partition coefficient (Wildman–Crippen LogP) is 3.31. The van der Waals surface area contributed by atoms with E-state index >= 15 is 0 Å². The van der Waals surface area contributed by atoms with Crippen LogP contribution in [0.1, 0.15) is 16.6 Å². The van der Waals surface area contributed by atoms with Gasteiger partial charge in [-0.1, -0.05) is 27.3 Å². The third-order valence-electron chi connectivity index (χ3n) is 2.36. The van der Waals surface area contributed by atoms with Crippen molar-refractivity contribution >= 4 is 49.8 Å². The SMILES string of the molecule is CCNc1nc(N)c(C(=O)Nc2cc(Br)ccc2F)s1. The van der Waals surface area contributed by atoms with E-state index in [1.165, 1.54) is 12.1 Å². The van der Waals surface area contributed by atoms with E-state index in [1.54, 1.807) is 6.07 Å². The molecule has 20 heavy (non-hydrogen) atoms. The predicted molar refractivity (Wildman–Crippen MR) is 82.7 cm³/mol. The first-order valence-corrected chi connectivity index (χ1v) is 7.38. The standard InChI is InChI=1S/C12H12BrFN4OS/c1-2-16-12-18-10(15)9(20-12)11(19)17-8-5-6(13)3-4-7(8)14/h3-5H,2,15H2,1H3,(H,16,18)(H,17,19). The summed E-state index contributed by atoms with van der Waals surface area (Å²) in [5.41, 5.74) is 5.77. The molecule has 5 nitrogen and oxygen atoms in total. The molecule has 0 radical (unpaired) electrons. The Hall–Kier alpha value is -1.67. The fourth-order valence-electron chi connectivity index (χ4n) is 1.49. The van der Waals surface area contributed by atoms with Crippen LogP contribution in [0.2, 0.25) is 0 Å². The van der Waals surface area contributed by atoms with E-state index in [-0.39, 0.29) is 16.4 Å². The second kappa shape index (κ2) is 6.19. The summed E-state index contributed by atoms with van der Waals surface area (Å²) in [7, 11) is 0. The van der Waals surface area contributed by atoms with Crippen LogP contribution >= 0.6 is 27.3 Å². The first-order valence-electron chi connectivity index (χ1n) is 5.77. The van der Waals surface area contributed by atoms with Crippen LogP contribution in [0, 0.1) is 5.82 Å². The first-order chi connectivity index (χ1) is 9.51. The second-order valence-corrected chi connectivity index (χ2v) is 5.76. The van der Waals surface area contributed by atoms with Crippen molar-refractivity contribution in [1.82, 2.24) is 4.98 Å². The summed E-state index contributed by atoms with van der Waals surface area (Å²) in [6, 6.07) is 4.30. The number of carbonyl (C=O) groups is 1. The van der Waals surface area contributed by atoms with Gasteiger partial charge in [0, 0.05) is 11.0 Å². The first kappa shape index (κ1) is 14.7. The summed E-state index contributed by atoms with van der Waals surface area (Å²) >= 11 is 4.35. The van der Waals surface area contributed by atoms with Crippen molar-refractivity contribution in [3.8, 4) is 0 Å². The van der Waals surface area contributed by atoms with Crippen molar-refractivity contribution < 1.29 is 9.18 Å². The number of nitrogens with one attached hydrogen (secondary N) is 2. The van der Waals surface area contributed by atoms with Crippen molar-refractivity contribution in [2.75, 3.05) is 22.9 Å². The molecular weight excluding hydrogens is 347 g/mol. The molecule has 0 bridgehead atoms. The maximum atomic E-state index is 13.6. The molecule has 0 aliphatic heterocycles. The number of carbonyl (C=O) groups excluding carboxylic acids is 1. The lowest BCUT2D eigenvalue weighted by molar-refractivity contribution is 0.103. The molecule has 0 atom stereocenters. The molecule has 0 saturated heterocycles. The number of hydrogen-bond donors (Lipinski definition) is 3. The molecule has 1 heterocycles. The molecule has 2 aromatic rings. The van der Waals surface area contributed by atoms with E-state index in [0.717, 1.165) is 11.3 Å². The highest BCUT2D eigenvalue weighted by atomic mass is 79.9. The zero-order valence-electron chi connectivity index (χ0n) is 10.5. The Bertz CT molecular complexity index is 646. The van der Waals surface area contributed by atoms with Gasteiger partial charge in [0.2, 0.25) is 0 Å². The van der Waals surface area contributed by atoms with Gasteiger partial charge >= 0.3 is 0 Å². The molecule has 1 aromatic heterocycles. The van der Waals surface area contributed by atoms with Crippen LogP contribution in [-0.2, 0) is 0 Å². The highest BCUT2D eigenvalue weighted by Crippen LogP contribution is 2.27. The van der Waals surface area contributed by atoms with E-state index in [1.807, 2.05) is 6.92 Å². The number of anilines is 3. The summed E-state index contributed by atoms with van der Waals surface area (Å²) in [5, 5.41) is 6.02. The van der Waals surface area contributed by atoms with Crippen LogP contribution in [0.4, 0.5) is 21.0 Å². The average molecular weight is 359 g/mol. The summed E-state index contributed by atoms with van der Waals surface area (Å²) < 4.78 is 14.2. The highest BCUT2D eigenvalue weighted by molar-refractivity contribution is 9.10. The van der Waals surface area contributed by atoms with Gasteiger partial charge < -0.3 is 16.4 Å². The fourth-order valence-corrected chi connectivity index (χ4v) is 2.70. The second-order valence-electron chi connectivity index (χ2n) is 3.84. The van der Waals surface area contributed by atoms with Crippen molar-refractivity contribution in [3.63, 3.8) is 0 Å². The normalized spacial score (nSPS) is 10.3. The molecule has 0 saturated carbocycles. The molecule has 1 aromatic carbocycles. The summed E-state index contributed by atoms with van der Waals surface area (Å²) in [4.78, 5) is 16.4. The Balaban J connectivity index is 2.21. The van der Waals surface area contributed by atoms with Gasteiger partial charge in [-0.3, -0.25) is 4.79 Å². The average Bonchev–Trinajstić information content (AvgIpc) is 2.75. The number of nitrogens with zero attached hydrogens (tertiary/aromatic N) is 1. The molecule has 0 aliphatic rings. The number of nitrogens with two attached hydrogens (primary N) is 1. The van der Waals surface area contributed by atoms with Gasteiger partial charge in [0.15, 0.2) is 5.13 Å². The van der Waals surface area contributed by atoms with Gasteiger partial charge in [0.25, 0.3) is 5.91 Å². The number of amides is 1. The minimum Gasteiger partial charge on any atom is -0.382 e. The van der Waals surface area contributed by atoms with Crippen LogP contribution in [0.25, 0.3) is 0 Å². The molecule has 0 unspecified atom stereocenters. The lowest BCUT2D eigenvalue weighted by atomic mass is 10.3. The van der Waals surface area contributed by atoms with E-state index in [9.17, 15) is 9.18 Å². The van der Waals surface area contributed by atoms with Crippen molar-refractivity contribution in [3.05, 3.63) is 33.4 Å².